The molecule has 1 aliphatic rings. The van der Waals surface area contributed by atoms with Crippen LogP contribution in [0.5, 0.6) is 0 Å². The topological polar surface area (TPSA) is 50.2 Å². The van der Waals surface area contributed by atoms with E-state index in [-0.39, 0.29) is 11.9 Å². The lowest BCUT2D eigenvalue weighted by molar-refractivity contribution is -0.129. The van der Waals surface area contributed by atoms with Gasteiger partial charge in [-0.1, -0.05) is 0 Å². The molecule has 1 fully saturated rings. The number of rotatable bonds is 6. The van der Waals surface area contributed by atoms with Gasteiger partial charge < -0.3 is 14.8 Å². The quantitative estimate of drug-likeness (QED) is 0.781. The molecular weight excluding hydrogens is 216 g/mol. The van der Waals surface area contributed by atoms with E-state index in [1.165, 1.54) is 0 Å². The van der Waals surface area contributed by atoms with E-state index in [9.17, 15) is 4.79 Å². The summed E-state index contributed by atoms with van der Waals surface area (Å²) in [5.74, 6) is 0.185. The number of nitrogens with one attached hydrogen (secondary N) is 1. The molecule has 1 saturated carbocycles. The van der Waals surface area contributed by atoms with Crippen molar-refractivity contribution >= 4 is 5.91 Å². The fourth-order valence-electron chi connectivity index (χ4n) is 1.83. The number of aromatic nitrogens is 2. The van der Waals surface area contributed by atoms with Gasteiger partial charge >= 0.3 is 0 Å². The van der Waals surface area contributed by atoms with E-state index in [4.69, 9.17) is 0 Å². The molecule has 17 heavy (non-hydrogen) atoms. The summed E-state index contributed by atoms with van der Waals surface area (Å²) >= 11 is 0. The first-order chi connectivity index (χ1) is 8.16. The van der Waals surface area contributed by atoms with Gasteiger partial charge in [0.15, 0.2) is 0 Å². The zero-order valence-corrected chi connectivity index (χ0v) is 10.5. The van der Waals surface area contributed by atoms with Gasteiger partial charge in [0, 0.05) is 38.1 Å². The number of hydrogen-bond donors (Lipinski definition) is 1. The Labute approximate surface area is 102 Å². The van der Waals surface area contributed by atoms with Gasteiger partial charge in [-0.15, -0.1) is 0 Å². The van der Waals surface area contributed by atoms with E-state index < -0.39 is 0 Å². The van der Waals surface area contributed by atoms with Gasteiger partial charge in [-0.3, -0.25) is 4.79 Å². The Morgan fingerprint density at radius 2 is 2.41 bits per heavy atom. The molecule has 94 valence electrons. The highest BCUT2D eigenvalue weighted by atomic mass is 16.2. The molecule has 1 unspecified atom stereocenters. The lowest BCUT2D eigenvalue weighted by Gasteiger charge is -2.19. The molecule has 5 heteroatoms. The molecule has 2 rings (SSSR count). The second-order valence-electron chi connectivity index (χ2n) is 4.78. The Hall–Kier alpha value is -1.36. The maximum atomic E-state index is 11.8. The summed E-state index contributed by atoms with van der Waals surface area (Å²) < 4.78 is 2.01. The molecule has 1 aromatic heterocycles. The third-order valence-electron chi connectivity index (χ3n) is 3.13. The van der Waals surface area contributed by atoms with Crippen LogP contribution in [0.2, 0.25) is 0 Å². The second kappa shape index (κ2) is 5.31. The Morgan fingerprint density at radius 3 is 3.00 bits per heavy atom. The predicted molar refractivity (Wildman–Crippen MR) is 65.5 cm³/mol. The molecule has 1 aliphatic carbocycles. The maximum absolute atomic E-state index is 11.8. The van der Waals surface area contributed by atoms with Crippen molar-refractivity contribution in [2.24, 2.45) is 0 Å². The first-order valence-corrected chi connectivity index (χ1v) is 6.11. The minimum absolute atomic E-state index is 0.185. The lowest BCUT2D eigenvalue weighted by atomic mass is 10.3. The minimum atomic E-state index is 0.185. The summed E-state index contributed by atoms with van der Waals surface area (Å²) in [5.41, 5.74) is 0. The zero-order chi connectivity index (χ0) is 12.3. The average molecular weight is 236 g/mol. The van der Waals surface area contributed by atoms with E-state index in [1.54, 1.807) is 12.5 Å². The summed E-state index contributed by atoms with van der Waals surface area (Å²) in [6.45, 7) is 3.33. The SMILES string of the molecule is CC(Cn1ccnc1)NCC(=O)N(C)C1CC1. The van der Waals surface area contributed by atoms with E-state index in [1.807, 2.05) is 22.7 Å². The monoisotopic (exact) mass is 236 g/mol. The molecule has 0 spiro atoms. The van der Waals surface area contributed by atoms with Gasteiger partial charge in [0.1, 0.15) is 0 Å². The highest BCUT2D eigenvalue weighted by Crippen LogP contribution is 2.25. The number of likely N-dealkylation sites (N-methyl/N-ethyl adjacent to an activating group) is 1. The molecule has 1 aromatic rings. The van der Waals surface area contributed by atoms with Gasteiger partial charge in [-0.25, -0.2) is 4.98 Å². The molecule has 1 heterocycles. The van der Waals surface area contributed by atoms with Crippen molar-refractivity contribution in [3.05, 3.63) is 18.7 Å². The molecule has 0 bridgehead atoms. The van der Waals surface area contributed by atoms with Crippen LogP contribution in [0.25, 0.3) is 0 Å². The fraction of sp³-hybridized carbons (Fsp3) is 0.667. The van der Waals surface area contributed by atoms with Crippen LogP contribution in [-0.4, -0.2) is 46.0 Å². The van der Waals surface area contributed by atoms with Crippen LogP contribution in [-0.2, 0) is 11.3 Å². The predicted octanol–water partition coefficient (Wildman–Crippen LogP) is 0.482. The van der Waals surface area contributed by atoms with E-state index in [0.29, 0.717) is 12.6 Å². The average Bonchev–Trinajstić information content (AvgIpc) is 3.05. The third-order valence-corrected chi connectivity index (χ3v) is 3.13. The summed E-state index contributed by atoms with van der Waals surface area (Å²) in [4.78, 5) is 17.6. The molecule has 5 nitrogen and oxygen atoms in total. The van der Waals surface area contributed by atoms with Crippen LogP contribution in [0.3, 0.4) is 0 Å². The Bertz CT molecular complexity index is 359. The Morgan fingerprint density at radius 1 is 1.65 bits per heavy atom. The molecule has 1 N–H and O–H groups in total. The van der Waals surface area contributed by atoms with Crippen LogP contribution in [0.15, 0.2) is 18.7 Å². The summed E-state index contributed by atoms with van der Waals surface area (Å²) in [6, 6.07) is 0.758. The molecule has 1 atom stereocenters. The molecule has 0 saturated heterocycles. The van der Waals surface area contributed by atoms with E-state index in [2.05, 4.69) is 17.2 Å². The lowest BCUT2D eigenvalue weighted by Crippen LogP contribution is -2.41. The van der Waals surface area contributed by atoms with Crippen molar-refractivity contribution < 1.29 is 4.79 Å². The van der Waals surface area contributed by atoms with Crippen LogP contribution >= 0.6 is 0 Å². The zero-order valence-electron chi connectivity index (χ0n) is 10.5. The van der Waals surface area contributed by atoms with Crippen molar-refractivity contribution in [3.63, 3.8) is 0 Å². The number of carbonyl (C=O) groups excluding carboxylic acids is 1. The number of amides is 1. The van der Waals surface area contributed by atoms with Crippen LogP contribution in [0.4, 0.5) is 0 Å². The number of carbonyl (C=O) groups is 1. The largest absolute Gasteiger partial charge is 0.342 e. The Balaban J connectivity index is 1.68. The van der Waals surface area contributed by atoms with Crippen LogP contribution < -0.4 is 5.32 Å². The van der Waals surface area contributed by atoms with Crippen LogP contribution in [0, 0.1) is 0 Å². The van der Waals surface area contributed by atoms with Gasteiger partial charge in [-0.05, 0) is 19.8 Å². The fourth-order valence-corrected chi connectivity index (χ4v) is 1.83. The van der Waals surface area contributed by atoms with Gasteiger partial charge in [0.2, 0.25) is 5.91 Å². The standard InChI is InChI=1S/C12H20N4O/c1-10(8-16-6-5-13-9-16)14-7-12(17)15(2)11-3-4-11/h5-6,9-11,14H,3-4,7-8H2,1-2H3. The highest BCUT2D eigenvalue weighted by Gasteiger charge is 2.29. The van der Waals surface area contributed by atoms with Crippen molar-refractivity contribution in [1.82, 2.24) is 19.8 Å². The molecule has 1 amide bonds. The summed E-state index contributed by atoms with van der Waals surface area (Å²) in [6.07, 6.45) is 7.80. The highest BCUT2D eigenvalue weighted by molar-refractivity contribution is 5.78. The van der Waals surface area contributed by atoms with Crippen molar-refractivity contribution in [2.75, 3.05) is 13.6 Å². The first-order valence-electron chi connectivity index (χ1n) is 6.11. The summed E-state index contributed by atoms with van der Waals surface area (Å²) in [7, 11) is 1.89. The molecular formula is C12H20N4O. The van der Waals surface area contributed by atoms with E-state index >= 15 is 0 Å². The van der Waals surface area contributed by atoms with Crippen LogP contribution in [0.1, 0.15) is 19.8 Å². The smallest absolute Gasteiger partial charge is 0.236 e. The van der Waals surface area contributed by atoms with E-state index in [0.717, 1.165) is 19.4 Å². The first kappa shape index (κ1) is 12.1. The van der Waals surface area contributed by atoms with Crippen molar-refractivity contribution in [3.8, 4) is 0 Å². The van der Waals surface area contributed by atoms with Gasteiger partial charge in [0.25, 0.3) is 0 Å². The molecule has 0 aromatic carbocycles. The second-order valence-corrected chi connectivity index (χ2v) is 4.78. The summed E-state index contributed by atoms with van der Waals surface area (Å²) in [5, 5.41) is 3.24. The Kier molecular flexibility index (Phi) is 3.78. The van der Waals surface area contributed by atoms with Crippen molar-refractivity contribution in [1.29, 1.82) is 0 Å². The molecule has 0 aliphatic heterocycles. The maximum Gasteiger partial charge on any atom is 0.236 e. The van der Waals surface area contributed by atoms with Gasteiger partial charge in [0.05, 0.1) is 12.9 Å². The third kappa shape index (κ3) is 3.56. The minimum Gasteiger partial charge on any atom is -0.342 e. The molecule has 0 radical (unpaired) electrons. The number of imidazole rings is 1. The normalized spacial score (nSPS) is 16.8. The van der Waals surface area contributed by atoms with Crippen molar-refractivity contribution in [2.45, 2.75) is 38.4 Å². The number of hydrogen-bond acceptors (Lipinski definition) is 3. The number of nitrogens with zero attached hydrogens (tertiary/aromatic N) is 3. The van der Waals surface area contributed by atoms with Gasteiger partial charge in [-0.2, -0.15) is 0 Å².